The minimum Gasteiger partial charge on any atom is -0.335 e. The molecule has 0 radical (unpaired) electrons. The molecule has 0 unspecified atom stereocenters. The molecule has 2 rings (SSSR count). The second kappa shape index (κ2) is 6.53. The van der Waals surface area contributed by atoms with Crippen molar-refractivity contribution in [2.24, 2.45) is 0 Å². The Bertz CT molecular complexity index is 441. The number of hydrogen-bond donors (Lipinski definition) is 1. The molecule has 1 aromatic carbocycles. The Kier molecular flexibility index (Phi) is 4.74. The molecular formula is C16H22N2O. The van der Waals surface area contributed by atoms with Crippen LogP contribution in [0.25, 0.3) is 0 Å². The summed E-state index contributed by atoms with van der Waals surface area (Å²) in [4.78, 5) is 13.9. The summed E-state index contributed by atoms with van der Waals surface area (Å²) in [6, 6.07) is 10.6. The summed E-state index contributed by atoms with van der Waals surface area (Å²) in [5, 5.41) is 3.44. The predicted molar refractivity (Wildman–Crippen MR) is 77.7 cm³/mol. The van der Waals surface area contributed by atoms with Gasteiger partial charge in [0.2, 0.25) is 5.91 Å². The number of carbonyl (C=O) groups excluding carboxylic acids is 1. The zero-order valence-electron chi connectivity index (χ0n) is 11.6. The number of rotatable bonds is 5. The first-order valence-corrected chi connectivity index (χ1v) is 6.89. The van der Waals surface area contributed by atoms with Crippen LogP contribution >= 0.6 is 0 Å². The summed E-state index contributed by atoms with van der Waals surface area (Å²) < 4.78 is 0. The molecule has 1 heterocycles. The molecule has 1 atom stereocenters. The van der Waals surface area contributed by atoms with Crippen molar-refractivity contribution in [3.05, 3.63) is 48.0 Å². The first-order valence-electron chi connectivity index (χ1n) is 6.89. The second-order valence-corrected chi connectivity index (χ2v) is 5.19. The Morgan fingerprint density at radius 1 is 1.42 bits per heavy atom. The summed E-state index contributed by atoms with van der Waals surface area (Å²) in [5.74, 6) is 0.101. The molecule has 1 amide bonds. The third-order valence-corrected chi connectivity index (χ3v) is 3.56. The number of amides is 1. The first-order chi connectivity index (χ1) is 9.18. The minimum absolute atomic E-state index is 0.101. The van der Waals surface area contributed by atoms with Gasteiger partial charge in [0.05, 0.1) is 0 Å². The molecule has 0 spiro atoms. The van der Waals surface area contributed by atoms with Crippen molar-refractivity contribution in [1.82, 2.24) is 10.2 Å². The van der Waals surface area contributed by atoms with E-state index in [9.17, 15) is 4.79 Å². The second-order valence-electron chi connectivity index (χ2n) is 5.19. The maximum absolute atomic E-state index is 12.0. The van der Waals surface area contributed by atoms with E-state index in [1.165, 1.54) is 5.56 Å². The van der Waals surface area contributed by atoms with Gasteiger partial charge in [-0.25, -0.2) is 0 Å². The highest BCUT2D eigenvalue weighted by Crippen LogP contribution is 2.18. The molecular weight excluding hydrogens is 236 g/mol. The molecule has 1 aliphatic rings. The Balaban J connectivity index is 1.82. The molecule has 3 heteroatoms. The third kappa shape index (κ3) is 3.67. The van der Waals surface area contributed by atoms with Gasteiger partial charge in [0.25, 0.3) is 0 Å². The smallest absolute Gasteiger partial charge is 0.249 e. The quantitative estimate of drug-likeness (QED) is 0.822. The summed E-state index contributed by atoms with van der Waals surface area (Å²) in [5.41, 5.74) is 1.91. The highest BCUT2D eigenvalue weighted by atomic mass is 16.2. The van der Waals surface area contributed by atoms with E-state index in [4.69, 9.17) is 0 Å². The van der Waals surface area contributed by atoms with Crippen molar-refractivity contribution in [2.75, 3.05) is 13.1 Å². The normalized spacial score (nSPS) is 18.6. The molecule has 19 heavy (non-hydrogen) atoms. The summed E-state index contributed by atoms with van der Waals surface area (Å²) in [7, 11) is 0. The topological polar surface area (TPSA) is 32.3 Å². The predicted octanol–water partition coefficient (Wildman–Crippen LogP) is 2.34. The summed E-state index contributed by atoms with van der Waals surface area (Å²) >= 11 is 0. The van der Waals surface area contributed by atoms with Gasteiger partial charge < -0.3 is 10.2 Å². The van der Waals surface area contributed by atoms with Crippen LogP contribution in [0.4, 0.5) is 0 Å². The van der Waals surface area contributed by atoms with Crippen LogP contribution in [0.15, 0.2) is 42.5 Å². The van der Waals surface area contributed by atoms with Gasteiger partial charge in [-0.15, -0.1) is 0 Å². The van der Waals surface area contributed by atoms with Crippen molar-refractivity contribution >= 4 is 5.91 Å². The number of nitrogens with one attached hydrogen (secondary N) is 1. The molecule has 3 nitrogen and oxygen atoms in total. The number of benzene rings is 1. The van der Waals surface area contributed by atoms with Gasteiger partial charge in [-0.2, -0.15) is 0 Å². The number of likely N-dealkylation sites (tertiary alicyclic amines) is 1. The van der Waals surface area contributed by atoms with E-state index in [0.29, 0.717) is 11.6 Å². The molecule has 1 fully saturated rings. The van der Waals surface area contributed by atoms with E-state index < -0.39 is 0 Å². The van der Waals surface area contributed by atoms with Crippen LogP contribution in [0.1, 0.15) is 25.3 Å². The summed E-state index contributed by atoms with van der Waals surface area (Å²) in [6.45, 7) is 8.11. The first kappa shape index (κ1) is 13.8. The molecule has 1 saturated heterocycles. The average molecular weight is 258 g/mol. The van der Waals surface area contributed by atoms with Crippen molar-refractivity contribution in [2.45, 2.75) is 32.4 Å². The zero-order valence-corrected chi connectivity index (χ0v) is 11.6. The van der Waals surface area contributed by atoms with E-state index in [1.807, 2.05) is 23.1 Å². The van der Waals surface area contributed by atoms with Crippen LogP contribution in [0.3, 0.4) is 0 Å². The zero-order chi connectivity index (χ0) is 13.7. The number of hydrogen-bond acceptors (Lipinski definition) is 2. The van der Waals surface area contributed by atoms with Gasteiger partial charge in [0.15, 0.2) is 0 Å². The van der Waals surface area contributed by atoms with Crippen LogP contribution in [-0.2, 0) is 11.3 Å². The number of carbonyl (C=O) groups is 1. The van der Waals surface area contributed by atoms with Crippen molar-refractivity contribution in [3.8, 4) is 0 Å². The van der Waals surface area contributed by atoms with E-state index in [1.54, 1.807) is 6.92 Å². The van der Waals surface area contributed by atoms with E-state index in [-0.39, 0.29) is 5.91 Å². The van der Waals surface area contributed by atoms with Gasteiger partial charge in [-0.1, -0.05) is 36.9 Å². The Morgan fingerprint density at radius 2 is 2.16 bits per heavy atom. The maximum Gasteiger partial charge on any atom is 0.249 e. The lowest BCUT2D eigenvalue weighted by atomic mass is 10.2. The van der Waals surface area contributed by atoms with Gasteiger partial charge in [0, 0.05) is 31.2 Å². The highest BCUT2D eigenvalue weighted by molar-refractivity contribution is 5.92. The molecule has 0 bridgehead atoms. The molecule has 0 aliphatic carbocycles. The minimum atomic E-state index is 0.101. The molecule has 1 N–H and O–H groups in total. The molecule has 0 aromatic heterocycles. The van der Waals surface area contributed by atoms with Crippen LogP contribution in [0.2, 0.25) is 0 Å². The maximum atomic E-state index is 12.0. The highest BCUT2D eigenvalue weighted by Gasteiger charge is 2.28. The van der Waals surface area contributed by atoms with Crippen molar-refractivity contribution in [1.29, 1.82) is 0 Å². The lowest BCUT2D eigenvalue weighted by Crippen LogP contribution is -2.41. The van der Waals surface area contributed by atoms with Crippen molar-refractivity contribution < 1.29 is 4.79 Å². The monoisotopic (exact) mass is 258 g/mol. The van der Waals surface area contributed by atoms with Crippen LogP contribution in [0.5, 0.6) is 0 Å². The Labute approximate surface area is 115 Å². The summed E-state index contributed by atoms with van der Waals surface area (Å²) in [6.07, 6.45) is 2.18. The van der Waals surface area contributed by atoms with Gasteiger partial charge >= 0.3 is 0 Å². The lowest BCUT2D eigenvalue weighted by molar-refractivity contribution is -0.127. The molecule has 1 aliphatic heterocycles. The third-order valence-electron chi connectivity index (χ3n) is 3.56. The van der Waals surface area contributed by atoms with E-state index in [0.717, 1.165) is 32.5 Å². The van der Waals surface area contributed by atoms with Gasteiger partial charge in [-0.05, 0) is 25.3 Å². The van der Waals surface area contributed by atoms with E-state index in [2.05, 4.69) is 24.0 Å². The van der Waals surface area contributed by atoms with Gasteiger partial charge in [-0.3, -0.25) is 4.79 Å². The van der Waals surface area contributed by atoms with Crippen LogP contribution < -0.4 is 5.32 Å². The molecule has 102 valence electrons. The fourth-order valence-corrected chi connectivity index (χ4v) is 2.54. The average Bonchev–Trinajstić information content (AvgIpc) is 2.87. The lowest BCUT2D eigenvalue weighted by Gasteiger charge is -2.25. The largest absolute Gasteiger partial charge is 0.335 e. The Morgan fingerprint density at radius 3 is 2.84 bits per heavy atom. The fourth-order valence-electron chi connectivity index (χ4n) is 2.54. The Hall–Kier alpha value is -1.61. The standard InChI is InChI=1S/C16H22N2O/c1-13(2)16(19)18-10-6-9-15(18)12-17-11-14-7-4-3-5-8-14/h3-5,7-8,15,17H,1,6,9-12H2,2H3/t15-/m0/s1. The number of nitrogens with zero attached hydrogens (tertiary/aromatic N) is 1. The van der Waals surface area contributed by atoms with Crippen LogP contribution in [-0.4, -0.2) is 29.9 Å². The fraction of sp³-hybridized carbons (Fsp3) is 0.438. The van der Waals surface area contributed by atoms with Crippen LogP contribution in [0, 0.1) is 0 Å². The molecule has 0 saturated carbocycles. The molecule has 1 aromatic rings. The SMILES string of the molecule is C=C(C)C(=O)N1CCC[C@H]1CNCc1ccccc1. The van der Waals surface area contributed by atoms with E-state index >= 15 is 0 Å². The van der Waals surface area contributed by atoms with Gasteiger partial charge in [0.1, 0.15) is 0 Å². The van der Waals surface area contributed by atoms with Crippen molar-refractivity contribution in [3.63, 3.8) is 0 Å².